The number of nitrogens with zero attached hydrogens (tertiary/aromatic N) is 2. The Kier molecular flexibility index (Phi) is 5.19. The summed E-state index contributed by atoms with van der Waals surface area (Å²) in [5.41, 5.74) is 1.20. The lowest BCUT2D eigenvalue weighted by atomic mass is 10.0. The molecule has 0 radical (unpaired) electrons. The van der Waals surface area contributed by atoms with Crippen LogP contribution in [0.3, 0.4) is 0 Å². The van der Waals surface area contributed by atoms with Crippen LogP contribution in [-0.2, 0) is 4.74 Å². The van der Waals surface area contributed by atoms with Crippen molar-refractivity contribution in [2.75, 3.05) is 11.9 Å². The second-order valence-corrected chi connectivity index (χ2v) is 7.52. The maximum absolute atomic E-state index is 10.2. The number of hydrogen-bond donors (Lipinski definition) is 5. The van der Waals surface area contributed by atoms with Crippen molar-refractivity contribution >= 4 is 28.3 Å². The highest BCUT2D eigenvalue weighted by atomic mass is 35.5. The van der Waals surface area contributed by atoms with Crippen LogP contribution in [0.5, 0.6) is 0 Å². The second kappa shape index (κ2) is 7.46. The second-order valence-electron chi connectivity index (χ2n) is 7.18. The Morgan fingerprint density at radius 2 is 1.96 bits per heavy atom. The Balaban J connectivity index is 1.65. The zero-order chi connectivity index (χ0) is 19.1. The molecule has 4 rings (SSSR count). The summed E-state index contributed by atoms with van der Waals surface area (Å²) in [5, 5.41) is 43.3. The van der Waals surface area contributed by atoms with Crippen LogP contribution in [0.4, 0.5) is 5.82 Å². The molecule has 2 fully saturated rings. The first-order chi connectivity index (χ1) is 13.0. The van der Waals surface area contributed by atoms with E-state index in [9.17, 15) is 20.4 Å². The van der Waals surface area contributed by atoms with Crippen molar-refractivity contribution in [3.63, 3.8) is 0 Å². The fraction of sp³-hybridized carbons (Fsp3) is 0.556. The summed E-state index contributed by atoms with van der Waals surface area (Å²) in [6.45, 7) is -0.377. The molecule has 1 aliphatic carbocycles. The molecule has 5 N–H and O–H groups in total. The molecule has 27 heavy (non-hydrogen) atoms. The molecule has 2 heterocycles. The Bertz CT molecular complexity index is 838. The first-order valence-corrected chi connectivity index (χ1v) is 9.38. The van der Waals surface area contributed by atoms with Crippen LogP contribution >= 0.6 is 11.6 Å². The number of aromatic nitrogens is 2. The minimum absolute atomic E-state index is 0.0850. The highest BCUT2D eigenvalue weighted by Crippen LogP contribution is 2.36. The number of fused-ring (bicyclic) bond motifs is 1. The van der Waals surface area contributed by atoms with Gasteiger partial charge in [0.2, 0.25) is 5.28 Å². The quantitative estimate of drug-likeness (QED) is 0.480. The number of rotatable bonds is 4. The highest BCUT2D eigenvalue weighted by Gasteiger charge is 2.43. The summed E-state index contributed by atoms with van der Waals surface area (Å²) in [4.78, 5) is 8.53. The average molecular weight is 396 g/mol. The van der Waals surface area contributed by atoms with Crippen LogP contribution < -0.4 is 5.32 Å². The van der Waals surface area contributed by atoms with Gasteiger partial charge < -0.3 is 30.5 Å². The molecule has 146 valence electrons. The van der Waals surface area contributed by atoms with E-state index in [0.717, 1.165) is 18.2 Å². The Labute approximate surface area is 160 Å². The molecule has 1 aromatic carbocycles. The van der Waals surface area contributed by atoms with Crippen LogP contribution in [0.15, 0.2) is 18.2 Å². The molecule has 6 atom stereocenters. The van der Waals surface area contributed by atoms with Crippen molar-refractivity contribution in [1.82, 2.24) is 9.97 Å². The van der Waals surface area contributed by atoms with Gasteiger partial charge in [0, 0.05) is 11.4 Å². The van der Waals surface area contributed by atoms with Gasteiger partial charge in [-0.1, -0.05) is 6.07 Å². The van der Waals surface area contributed by atoms with Gasteiger partial charge in [-0.25, -0.2) is 9.97 Å². The molecule has 9 heteroatoms. The van der Waals surface area contributed by atoms with Crippen LogP contribution in [0.25, 0.3) is 10.9 Å². The van der Waals surface area contributed by atoms with Gasteiger partial charge >= 0.3 is 0 Å². The number of hydrogen-bond acceptors (Lipinski definition) is 8. The maximum atomic E-state index is 10.2. The first-order valence-electron chi connectivity index (χ1n) is 9.00. The number of benzene rings is 1. The summed E-state index contributed by atoms with van der Waals surface area (Å²) >= 11 is 6.08. The normalized spacial score (nSPS) is 33.7. The number of anilines is 1. The molecule has 8 nitrogen and oxygen atoms in total. The molecule has 1 saturated carbocycles. The molecule has 0 bridgehead atoms. The third-order valence-electron chi connectivity index (χ3n) is 5.31. The van der Waals surface area contributed by atoms with Crippen molar-refractivity contribution in [1.29, 1.82) is 0 Å². The molecule has 2 unspecified atom stereocenters. The minimum Gasteiger partial charge on any atom is -0.394 e. The Morgan fingerprint density at radius 3 is 2.63 bits per heavy atom. The van der Waals surface area contributed by atoms with E-state index in [4.69, 9.17) is 16.3 Å². The summed E-state index contributed by atoms with van der Waals surface area (Å²) < 4.78 is 5.58. The van der Waals surface area contributed by atoms with E-state index < -0.39 is 24.4 Å². The lowest BCUT2D eigenvalue weighted by Crippen LogP contribution is -2.32. The van der Waals surface area contributed by atoms with Crippen LogP contribution in [0.2, 0.25) is 5.28 Å². The van der Waals surface area contributed by atoms with Crippen molar-refractivity contribution in [2.45, 2.75) is 55.8 Å². The van der Waals surface area contributed by atoms with Gasteiger partial charge in [0.15, 0.2) is 0 Å². The Hall–Kier alpha value is -1.55. The Morgan fingerprint density at radius 1 is 1.15 bits per heavy atom. The van der Waals surface area contributed by atoms with Gasteiger partial charge in [-0.15, -0.1) is 0 Å². The molecule has 1 saturated heterocycles. The fourth-order valence-corrected chi connectivity index (χ4v) is 4.04. The summed E-state index contributed by atoms with van der Waals surface area (Å²) in [6.07, 6.45) is -1.94. The third kappa shape index (κ3) is 3.61. The molecule has 2 aromatic rings. The van der Waals surface area contributed by atoms with Gasteiger partial charge in [-0.3, -0.25) is 0 Å². The van der Waals surface area contributed by atoms with E-state index in [1.54, 1.807) is 12.1 Å². The molecular weight excluding hydrogens is 374 g/mol. The zero-order valence-electron chi connectivity index (χ0n) is 14.5. The van der Waals surface area contributed by atoms with E-state index >= 15 is 0 Å². The summed E-state index contributed by atoms with van der Waals surface area (Å²) in [6, 6.07) is 5.44. The topological polar surface area (TPSA) is 128 Å². The van der Waals surface area contributed by atoms with E-state index in [-0.39, 0.29) is 24.0 Å². The predicted molar refractivity (Wildman–Crippen MR) is 98.5 cm³/mol. The average Bonchev–Trinajstić information content (AvgIpc) is 3.17. The van der Waals surface area contributed by atoms with Crippen molar-refractivity contribution in [2.24, 2.45) is 0 Å². The molecule has 0 spiro atoms. The SMILES string of the molecule is OC[C@H]1O[C@@H](c2ccc3c(NC4CCC(O)C4)nc(Cl)nc3c2)[C@H](O)[C@@H]1O. The largest absolute Gasteiger partial charge is 0.394 e. The molecule has 2 aliphatic rings. The summed E-state index contributed by atoms with van der Waals surface area (Å²) in [5.74, 6) is 0.594. The highest BCUT2D eigenvalue weighted by molar-refractivity contribution is 6.28. The number of aliphatic hydroxyl groups is 4. The van der Waals surface area contributed by atoms with Crippen molar-refractivity contribution in [3.05, 3.63) is 29.0 Å². The van der Waals surface area contributed by atoms with Crippen molar-refractivity contribution in [3.8, 4) is 0 Å². The molecule has 1 aromatic heterocycles. The maximum Gasteiger partial charge on any atom is 0.224 e. The number of nitrogens with one attached hydrogen (secondary N) is 1. The number of halogens is 1. The van der Waals surface area contributed by atoms with Crippen molar-refractivity contribution < 1.29 is 25.2 Å². The van der Waals surface area contributed by atoms with E-state index in [0.29, 0.717) is 23.3 Å². The van der Waals surface area contributed by atoms with Gasteiger partial charge in [0.1, 0.15) is 30.2 Å². The smallest absolute Gasteiger partial charge is 0.224 e. The predicted octanol–water partition coefficient (Wildman–Crippen LogP) is 0.762. The number of ether oxygens (including phenoxy) is 1. The molecule has 0 amide bonds. The third-order valence-corrected chi connectivity index (χ3v) is 5.48. The zero-order valence-corrected chi connectivity index (χ0v) is 15.3. The lowest BCUT2D eigenvalue weighted by Gasteiger charge is -2.17. The van der Waals surface area contributed by atoms with Gasteiger partial charge in [-0.05, 0) is 48.6 Å². The summed E-state index contributed by atoms with van der Waals surface area (Å²) in [7, 11) is 0. The first kappa shape index (κ1) is 18.8. The molecular formula is C18H22ClN3O5. The van der Waals surface area contributed by atoms with Gasteiger partial charge in [0.25, 0.3) is 0 Å². The monoisotopic (exact) mass is 395 g/mol. The van der Waals surface area contributed by atoms with Crippen LogP contribution in [-0.4, -0.2) is 67.5 Å². The number of aliphatic hydroxyl groups excluding tert-OH is 4. The van der Waals surface area contributed by atoms with Crippen LogP contribution in [0, 0.1) is 0 Å². The van der Waals surface area contributed by atoms with E-state index in [2.05, 4.69) is 15.3 Å². The van der Waals surface area contributed by atoms with E-state index in [1.165, 1.54) is 0 Å². The fourth-order valence-electron chi connectivity index (χ4n) is 3.86. The molecule has 1 aliphatic heterocycles. The van der Waals surface area contributed by atoms with Gasteiger partial charge in [0.05, 0.1) is 18.2 Å². The lowest BCUT2D eigenvalue weighted by molar-refractivity contribution is -0.0227. The standard InChI is InChI=1S/C18H22ClN3O5/c19-18-21-12-5-8(16-15(26)14(25)13(7-23)27-16)1-4-11(12)17(22-18)20-9-2-3-10(24)6-9/h1,4-5,9-10,13-16,23-26H,2-3,6-7H2,(H,20,21,22)/t9?,10?,13-,14-,15-,16+/m1/s1. The van der Waals surface area contributed by atoms with E-state index in [1.807, 2.05) is 6.07 Å². The van der Waals surface area contributed by atoms with Crippen LogP contribution in [0.1, 0.15) is 30.9 Å². The van der Waals surface area contributed by atoms with Gasteiger partial charge in [-0.2, -0.15) is 0 Å². The minimum atomic E-state index is -1.16.